The molecule has 3 amide bonds. The van der Waals surface area contributed by atoms with Crippen molar-refractivity contribution in [3.05, 3.63) is 124 Å². The summed E-state index contributed by atoms with van der Waals surface area (Å²) in [6.45, 7) is 0. The molecule has 0 radical (unpaired) electrons. The van der Waals surface area contributed by atoms with Crippen LogP contribution in [0.2, 0.25) is 10.0 Å². The maximum atomic E-state index is 13.4. The molecule has 4 aromatic carbocycles. The molecule has 4 aromatic rings. The molecule has 3 N–H and O–H groups in total. The van der Waals surface area contributed by atoms with E-state index in [2.05, 4.69) is 16.0 Å². The highest BCUT2D eigenvalue weighted by Crippen LogP contribution is 2.27. The Morgan fingerprint density at radius 1 is 0.854 bits per heavy atom. The van der Waals surface area contributed by atoms with Crippen molar-refractivity contribution in [3.8, 4) is 5.75 Å². The van der Waals surface area contributed by atoms with Gasteiger partial charge in [0.2, 0.25) is 5.91 Å². The standard InChI is InChI=1S/C31H25Cl2N3O4S/c1-40-24-11-5-7-20(15-24)16-28(36-30(38)21-8-3-2-4-9-21)31(39)34-23-10-6-12-25(18-23)41-19-29(37)35-27-14-13-22(32)17-26(27)33/h2-18H,19H2,1H3,(H,34,39)(H,35,37)(H,36,38)/b28-16-. The summed E-state index contributed by atoms with van der Waals surface area (Å²) in [5.74, 6) is -0.467. The van der Waals surface area contributed by atoms with Crippen LogP contribution in [0.5, 0.6) is 5.75 Å². The number of hydrogen-bond donors (Lipinski definition) is 3. The molecule has 208 valence electrons. The van der Waals surface area contributed by atoms with Gasteiger partial charge >= 0.3 is 0 Å². The monoisotopic (exact) mass is 605 g/mol. The summed E-state index contributed by atoms with van der Waals surface area (Å²) >= 11 is 13.3. The molecule has 0 aliphatic heterocycles. The molecule has 0 aliphatic rings. The highest BCUT2D eigenvalue weighted by atomic mass is 35.5. The van der Waals surface area contributed by atoms with E-state index < -0.39 is 11.8 Å². The zero-order valence-corrected chi connectivity index (χ0v) is 24.1. The number of amides is 3. The van der Waals surface area contributed by atoms with E-state index in [9.17, 15) is 14.4 Å². The summed E-state index contributed by atoms with van der Waals surface area (Å²) in [6.07, 6.45) is 1.57. The highest BCUT2D eigenvalue weighted by Gasteiger charge is 2.16. The van der Waals surface area contributed by atoms with E-state index in [-0.39, 0.29) is 17.4 Å². The molecular weight excluding hydrogens is 581 g/mol. The van der Waals surface area contributed by atoms with Crippen LogP contribution in [0.3, 0.4) is 0 Å². The van der Waals surface area contributed by atoms with Crippen LogP contribution in [0, 0.1) is 0 Å². The fourth-order valence-corrected chi connectivity index (χ4v) is 4.84. The third-order valence-electron chi connectivity index (χ3n) is 5.60. The number of nitrogens with one attached hydrogen (secondary N) is 3. The second kappa shape index (κ2) is 14.4. The Bertz CT molecular complexity index is 1600. The molecule has 0 unspecified atom stereocenters. The lowest BCUT2D eigenvalue weighted by Crippen LogP contribution is -2.30. The molecule has 0 heterocycles. The number of anilines is 2. The smallest absolute Gasteiger partial charge is 0.272 e. The van der Waals surface area contributed by atoms with Crippen molar-refractivity contribution in [2.24, 2.45) is 0 Å². The third-order valence-corrected chi connectivity index (χ3v) is 7.14. The average Bonchev–Trinajstić information content (AvgIpc) is 2.98. The minimum Gasteiger partial charge on any atom is -0.497 e. The van der Waals surface area contributed by atoms with Gasteiger partial charge in [0.05, 0.1) is 23.6 Å². The molecule has 41 heavy (non-hydrogen) atoms. The van der Waals surface area contributed by atoms with Crippen molar-refractivity contribution in [1.82, 2.24) is 5.32 Å². The molecule has 7 nitrogen and oxygen atoms in total. The van der Waals surface area contributed by atoms with Gasteiger partial charge in [-0.3, -0.25) is 14.4 Å². The lowest BCUT2D eigenvalue weighted by Gasteiger charge is -2.12. The largest absolute Gasteiger partial charge is 0.497 e. The van der Waals surface area contributed by atoms with Gasteiger partial charge in [-0.2, -0.15) is 0 Å². The third kappa shape index (κ3) is 8.88. The van der Waals surface area contributed by atoms with E-state index in [0.717, 1.165) is 4.90 Å². The van der Waals surface area contributed by atoms with Gasteiger partial charge in [-0.25, -0.2) is 0 Å². The molecule has 4 rings (SSSR count). The summed E-state index contributed by atoms with van der Waals surface area (Å²) in [6, 6.07) is 27.6. The summed E-state index contributed by atoms with van der Waals surface area (Å²) < 4.78 is 5.28. The number of thioether (sulfide) groups is 1. The zero-order chi connectivity index (χ0) is 29.2. The van der Waals surface area contributed by atoms with Crippen LogP contribution in [0.15, 0.2) is 108 Å². The van der Waals surface area contributed by atoms with Gasteiger partial charge in [0.15, 0.2) is 0 Å². The second-order valence-corrected chi connectivity index (χ2v) is 10.5. The van der Waals surface area contributed by atoms with Gasteiger partial charge in [0.25, 0.3) is 11.8 Å². The first kappa shape index (κ1) is 29.7. The van der Waals surface area contributed by atoms with Gasteiger partial charge in [0.1, 0.15) is 11.4 Å². The number of rotatable bonds is 10. The predicted octanol–water partition coefficient (Wildman–Crippen LogP) is 7.14. The molecule has 10 heteroatoms. The Balaban J connectivity index is 1.46. The van der Waals surface area contributed by atoms with Crippen molar-refractivity contribution >= 4 is 70.1 Å². The van der Waals surface area contributed by atoms with Crippen LogP contribution in [-0.4, -0.2) is 30.6 Å². The van der Waals surface area contributed by atoms with Crippen LogP contribution in [0.25, 0.3) is 6.08 Å². The van der Waals surface area contributed by atoms with E-state index in [0.29, 0.717) is 38.3 Å². The Kier molecular flexibility index (Phi) is 10.5. The number of carbonyl (C=O) groups excluding carboxylic acids is 3. The fraction of sp³-hybridized carbons (Fsp3) is 0.0645. The first-order chi connectivity index (χ1) is 19.8. The zero-order valence-electron chi connectivity index (χ0n) is 21.8. The summed E-state index contributed by atoms with van der Waals surface area (Å²) in [4.78, 5) is 39.5. The number of carbonyl (C=O) groups is 3. The summed E-state index contributed by atoms with van der Waals surface area (Å²) in [7, 11) is 1.55. The van der Waals surface area contributed by atoms with Crippen molar-refractivity contribution in [2.75, 3.05) is 23.5 Å². The van der Waals surface area contributed by atoms with Crippen molar-refractivity contribution in [2.45, 2.75) is 4.90 Å². The van der Waals surface area contributed by atoms with E-state index >= 15 is 0 Å². The topological polar surface area (TPSA) is 96.5 Å². The van der Waals surface area contributed by atoms with Crippen molar-refractivity contribution in [1.29, 1.82) is 0 Å². The van der Waals surface area contributed by atoms with E-state index in [1.165, 1.54) is 11.8 Å². The van der Waals surface area contributed by atoms with Crippen LogP contribution >= 0.6 is 35.0 Å². The van der Waals surface area contributed by atoms with E-state index in [1.54, 1.807) is 104 Å². The maximum absolute atomic E-state index is 13.4. The summed E-state index contributed by atoms with van der Waals surface area (Å²) in [5, 5.41) is 9.12. The predicted molar refractivity (Wildman–Crippen MR) is 166 cm³/mol. The molecule has 0 atom stereocenters. The first-order valence-electron chi connectivity index (χ1n) is 12.3. The number of ether oxygens (including phenoxy) is 1. The van der Waals surface area contributed by atoms with Gasteiger partial charge in [-0.15, -0.1) is 11.8 Å². The Hall–Kier alpha value is -4.24. The number of halogens is 2. The molecule has 0 aromatic heterocycles. The molecule has 0 bridgehead atoms. The Labute approximate surface area is 251 Å². The summed E-state index contributed by atoms with van der Waals surface area (Å²) in [5.41, 5.74) is 2.08. The molecule has 0 spiro atoms. The SMILES string of the molecule is COc1cccc(/C=C(\NC(=O)c2ccccc2)C(=O)Nc2cccc(SCC(=O)Nc3ccc(Cl)cc3Cl)c2)c1. The Morgan fingerprint density at radius 2 is 1.63 bits per heavy atom. The van der Waals surface area contributed by atoms with Crippen molar-refractivity contribution < 1.29 is 19.1 Å². The van der Waals surface area contributed by atoms with Gasteiger partial charge in [-0.1, -0.05) is 59.6 Å². The lowest BCUT2D eigenvalue weighted by molar-refractivity contribution is -0.114. The first-order valence-corrected chi connectivity index (χ1v) is 14.1. The number of benzene rings is 4. The van der Waals surface area contributed by atoms with Gasteiger partial charge < -0.3 is 20.7 Å². The minimum absolute atomic E-state index is 0.0457. The molecular formula is C31H25Cl2N3O4S. The quantitative estimate of drug-likeness (QED) is 0.132. The average molecular weight is 607 g/mol. The normalized spacial score (nSPS) is 11.0. The molecule has 0 fully saturated rings. The van der Waals surface area contributed by atoms with E-state index in [4.69, 9.17) is 27.9 Å². The molecule has 0 saturated carbocycles. The fourth-order valence-electron chi connectivity index (χ4n) is 3.63. The van der Waals surface area contributed by atoms with Crippen LogP contribution in [-0.2, 0) is 9.59 Å². The number of hydrogen-bond acceptors (Lipinski definition) is 5. The minimum atomic E-state index is -0.519. The Morgan fingerprint density at radius 3 is 2.39 bits per heavy atom. The van der Waals surface area contributed by atoms with Crippen LogP contribution in [0.4, 0.5) is 11.4 Å². The van der Waals surface area contributed by atoms with Crippen LogP contribution in [0.1, 0.15) is 15.9 Å². The molecule has 0 aliphatic carbocycles. The van der Waals surface area contributed by atoms with E-state index in [1.807, 2.05) is 6.07 Å². The van der Waals surface area contributed by atoms with Crippen molar-refractivity contribution in [3.63, 3.8) is 0 Å². The maximum Gasteiger partial charge on any atom is 0.272 e. The molecule has 0 saturated heterocycles. The lowest BCUT2D eigenvalue weighted by atomic mass is 10.1. The highest BCUT2D eigenvalue weighted by molar-refractivity contribution is 8.00. The number of methoxy groups -OCH3 is 1. The van der Waals surface area contributed by atoms with Gasteiger partial charge in [0, 0.05) is 21.2 Å². The second-order valence-electron chi connectivity index (χ2n) is 8.60. The van der Waals surface area contributed by atoms with Gasteiger partial charge in [-0.05, 0) is 72.3 Å². The van der Waals surface area contributed by atoms with Crippen LogP contribution < -0.4 is 20.7 Å².